The van der Waals surface area contributed by atoms with Gasteiger partial charge >= 0.3 is 0 Å². The normalized spacial score (nSPS) is 19.1. The van der Waals surface area contributed by atoms with E-state index in [4.69, 9.17) is 0 Å². The van der Waals surface area contributed by atoms with E-state index in [1.165, 1.54) is 21.7 Å². The SMILES string of the molecule is CCN1c2ccc(/C=C3/SC(=O)N(Cc4ccc(C)cc4)C3=O)cc2C(C)=CC1(C)C. The average Bonchev–Trinajstić information content (AvgIpc) is 2.97. The summed E-state index contributed by atoms with van der Waals surface area (Å²) in [5.74, 6) is -0.225. The maximum Gasteiger partial charge on any atom is 0.293 e. The smallest absolute Gasteiger partial charge is 0.293 e. The maximum atomic E-state index is 12.9. The number of aryl methyl sites for hydroxylation is 1. The largest absolute Gasteiger partial charge is 0.363 e. The minimum atomic E-state index is -0.225. The highest BCUT2D eigenvalue weighted by Gasteiger charge is 2.35. The number of likely N-dealkylation sites (N-methyl/N-ethyl adjacent to an activating group) is 1. The number of nitrogens with zero attached hydrogens (tertiary/aromatic N) is 2. The minimum absolute atomic E-state index is 0.0357. The highest BCUT2D eigenvalue weighted by Crippen LogP contribution is 2.40. The van der Waals surface area contributed by atoms with Crippen LogP contribution in [0.1, 0.15) is 49.9 Å². The van der Waals surface area contributed by atoms with Gasteiger partial charge in [-0.25, -0.2) is 0 Å². The Bertz CT molecular complexity index is 1110. The molecule has 4 nitrogen and oxygen atoms in total. The Kier molecular flexibility index (Phi) is 5.56. The molecule has 31 heavy (non-hydrogen) atoms. The van der Waals surface area contributed by atoms with Crippen LogP contribution in [0.25, 0.3) is 11.6 Å². The second kappa shape index (κ2) is 8.04. The van der Waals surface area contributed by atoms with Crippen LogP contribution in [0.2, 0.25) is 0 Å². The zero-order valence-corrected chi connectivity index (χ0v) is 19.5. The number of allylic oxidation sites excluding steroid dienone is 1. The minimum Gasteiger partial charge on any atom is -0.363 e. The van der Waals surface area contributed by atoms with E-state index in [0.29, 0.717) is 11.4 Å². The molecule has 0 saturated carbocycles. The Morgan fingerprint density at radius 3 is 2.42 bits per heavy atom. The molecule has 5 heteroatoms. The zero-order valence-electron chi connectivity index (χ0n) is 18.7. The van der Waals surface area contributed by atoms with Gasteiger partial charge in [0.05, 0.1) is 17.0 Å². The highest BCUT2D eigenvalue weighted by molar-refractivity contribution is 8.18. The van der Waals surface area contributed by atoms with E-state index in [1.807, 2.05) is 43.3 Å². The Balaban J connectivity index is 1.61. The molecule has 0 bridgehead atoms. The lowest BCUT2D eigenvalue weighted by Gasteiger charge is -2.42. The lowest BCUT2D eigenvalue weighted by atomic mass is 9.88. The third kappa shape index (κ3) is 4.07. The summed E-state index contributed by atoms with van der Waals surface area (Å²) in [6, 6.07) is 14.2. The van der Waals surface area contributed by atoms with Crippen LogP contribution >= 0.6 is 11.8 Å². The Morgan fingerprint density at radius 1 is 1.03 bits per heavy atom. The number of carbonyl (C=O) groups is 2. The van der Waals surface area contributed by atoms with E-state index in [1.54, 1.807) is 0 Å². The summed E-state index contributed by atoms with van der Waals surface area (Å²) in [7, 11) is 0. The van der Waals surface area contributed by atoms with Crippen LogP contribution in [0.5, 0.6) is 0 Å². The number of amides is 2. The summed E-state index contributed by atoms with van der Waals surface area (Å²) in [6.07, 6.45) is 4.13. The van der Waals surface area contributed by atoms with E-state index < -0.39 is 0 Å². The summed E-state index contributed by atoms with van der Waals surface area (Å²) in [5.41, 5.74) is 6.61. The van der Waals surface area contributed by atoms with Crippen molar-refractivity contribution in [1.82, 2.24) is 4.90 Å². The van der Waals surface area contributed by atoms with E-state index in [0.717, 1.165) is 35.0 Å². The number of hydrogen-bond acceptors (Lipinski definition) is 4. The fraction of sp³-hybridized carbons (Fsp3) is 0.308. The van der Waals surface area contributed by atoms with Crippen LogP contribution in [0.4, 0.5) is 10.5 Å². The molecule has 160 valence electrons. The highest BCUT2D eigenvalue weighted by atomic mass is 32.2. The van der Waals surface area contributed by atoms with Crippen LogP contribution in [0, 0.1) is 6.92 Å². The topological polar surface area (TPSA) is 40.6 Å². The molecule has 2 aliphatic heterocycles. The van der Waals surface area contributed by atoms with Gasteiger partial charge in [0.1, 0.15) is 0 Å². The Labute approximate surface area is 188 Å². The van der Waals surface area contributed by atoms with Crippen molar-refractivity contribution in [2.24, 2.45) is 0 Å². The van der Waals surface area contributed by atoms with Crippen LogP contribution < -0.4 is 4.90 Å². The average molecular weight is 433 g/mol. The molecule has 4 rings (SSSR count). The predicted molar refractivity (Wildman–Crippen MR) is 130 cm³/mol. The molecule has 2 aromatic rings. The van der Waals surface area contributed by atoms with Crippen molar-refractivity contribution in [2.75, 3.05) is 11.4 Å². The number of carbonyl (C=O) groups excluding carboxylic acids is 2. The van der Waals surface area contributed by atoms with E-state index in [2.05, 4.69) is 50.8 Å². The third-order valence-electron chi connectivity index (χ3n) is 5.95. The summed E-state index contributed by atoms with van der Waals surface area (Å²) >= 11 is 1.02. The van der Waals surface area contributed by atoms with Crippen LogP contribution in [0.15, 0.2) is 53.4 Å². The fourth-order valence-corrected chi connectivity index (χ4v) is 5.27. The van der Waals surface area contributed by atoms with Crippen molar-refractivity contribution in [3.8, 4) is 0 Å². The monoisotopic (exact) mass is 432 g/mol. The van der Waals surface area contributed by atoms with E-state index in [9.17, 15) is 9.59 Å². The molecule has 2 aliphatic rings. The van der Waals surface area contributed by atoms with Gasteiger partial charge in [0.25, 0.3) is 11.1 Å². The fourth-order valence-electron chi connectivity index (χ4n) is 4.43. The summed E-state index contributed by atoms with van der Waals surface area (Å²) < 4.78 is 0. The first-order valence-electron chi connectivity index (χ1n) is 10.6. The Hall–Kier alpha value is -2.79. The number of thioether (sulfide) groups is 1. The predicted octanol–water partition coefficient (Wildman–Crippen LogP) is 6.25. The first-order chi connectivity index (χ1) is 14.7. The van der Waals surface area contributed by atoms with Gasteiger partial charge in [-0.2, -0.15) is 0 Å². The van der Waals surface area contributed by atoms with Crippen molar-refractivity contribution in [2.45, 2.75) is 46.7 Å². The van der Waals surface area contributed by atoms with Crippen molar-refractivity contribution in [1.29, 1.82) is 0 Å². The molecule has 0 radical (unpaired) electrons. The van der Waals surface area contributed by atoms with Gasteiger partial charge in [-0.1, -0.05) is 42.0 Å². The standard InChI is InChI=1S/C26H28N2O2S/c1-6-28-22-12-11-20(13-21(22)18(3)15-26(28,4)5)14-23-24(29)27(25(30)31-23)16-19-9-7-17(2)8-10-19/h7-15H,6,16H2,1-5H3/b23-14+. The molecule has 0 atom stereocenters. The zero-order chi connectivity index (χ0) is 22.3. The van der Waals surface area contributed by atoms with Crippen LogP contribution in [-0.2, 0) is 11.3 Å². The second-order valence-corrected chi connectivity index (χ2v) is 9.75. The summed E-state index contributed by atoms with van der Waals surface area (Å²) in [4.78, 5) is 29.6. The van der Waals surface area contributed by atoms with E-state index in [-0.39, 0.29) is 16.7 Å². The van der Waals surface area contributed by atoms with Crippen molar-refractivity contribution in [3.05, 3.63) is 75.7 Å². The third-order valence-corrected chi connectivity index (χ3v) is 6.86. The van der Waals surface area contributed by atoms with Crippen LogP contribution in [-0.4, -0.2) is 28.1 Å². The van der Waals surface area contributed by atoms with Gasteiger partial charge < -0.3 is 4.90 Å². The maximum absolute atomic E-state index is 12.9. The number of anilines is 1. The van der Waals surface area contributed by atoms with Gasteiger partial charge in [-0.15, -0.1) is 0 Å². The molecule has 2 aromatic carbocycles. The number of fused-ring (bicyclic) bond motifs is 1. The second-order valence-electron chi connectivity index (χ2n) is 8.76. The lowest BCUT2D eigenvalue weighted by molar-refractivity contribution is -0.123. The van der Waals surface area contributed by atoms with Crippen molar-refractivity contribution < 1.29 is 9.59 Å². The first-order valence-corrected chi connectivity index (χ1v) is 11.4. The molecular weight excluding hydrogens is 404 g/mol. The van der Waals surface area contributed by atoms with Crippen molar-refractivity contribution in [3.63, 3.8) is 0 Å². The molecule has 1 fully saturated rings. The number of benzene rings is 2. The van der Waals surface area contributed by atoms with Gasteiger partial charge in [-0.3, -0.25) is 14.5 Å². The first kappa shape index (κ1) is 21.4. The number of imide groups is 1. The molecule has 1 saturated heterocycles. The molecule has 2 heterocycles. The molecule has 0 N–H and O–H groups in total. The Morgan fingerprint density at radius 2 is 1.74 bits per heavy atom. The molecule has 0 spiro atoms. The van der Waals surface area contributed by atoms with Gasteiger partial charge in [0, 0.05) is 17.8 Å². The molecule has 2 amide bonds. The summed E-state index contributed by atoms with van der Waals surface area (Å²) in [5, 5.41) is -0.218. The summed E-state index contributed by atoms with van der Waals surface area (Å²) in [6.45, 7) is 12.0. The van der Waals surface area contributed by atoms with Gasteiger partial charge in [0.15, 0.2) is 0 Å². The van der Waals surface area contributed by atoms with Gasteiger partial charge in [0.2, 0.25) is 0 Å². The molecule has 0 aromatic heterocycles. The lowest BCUT2D eigenvalue weighted by Crippen LogP contribution is -2.44. The number of hydrogen-bond donors (Lipinski definition) is 0. The molecule has 0 unspecified atom stereocenters. The quantitative estimate of drug-likeness (QED) is 0.535. The van der Waals surface area contributed by atoms with Crippen LogP contribution in [0.3, 0.4) is 0 Å². The number of rotatable bonds is 4. The van der Waals surface area contributed by atoms with E-state index >= 15 is 0 Å². The molecular formula is C26H28N2O2S. The molecule has 0 aliphatic carbocycles. The van der Waals surface area contributed by atoms with Gasteiger partial charge in [-0.05, 0) is 81.3 Å². The van der Waals surface area contributed by atoms with Crippen molar-refractivity contribution >= 4 is 40.2 Å².